The van der Waals surface area contributed by atoms with Crippen LogP contribution in [0.1, 0.15) is 0 Å². The lowest BCUT2D eigenvalue weighted by molar-refractivity contribution is -0.871. The molecule has 140 valence electrons. The van der Waals surface area contributed by atoms with E-state index in [1.54, 1.807) is 36.4 Å². The summed E-state index contributed by atoms with van der Waals surface area (Å²) in [6.45, 7) is 1.34. The Morgan fingerprint density at radius 1 is 1.19 bits per heavy atom. The number of quaternary nitrogens is 1. The third-order valence-electron chi connectivity index (χ3n) is 3.62. The van der Waals surface area contributed by atoms with Crippen LogP contribution in [0.25, 0.3) is 0 Å². The van der Waals surface area contributed by atoms with E-state index in [1.807, 2.05) is 7.05 Å². The Kier molecular flexibility index (Phi) is 7.02. The highest BCUT2D eigenvalue weighted by molar-refractivity contribution is 7.90. The minimum atomic E-state index is -3.31. The van der Waals surface area contributed by atoms with E-state index in [0.29, 0.717) is 23.9 Å². The molecule has 1 unspecified atom stereocenters. The van der Waals surface area contributed by atoms with Gasteiger partial charge in [-0.25, -0.2) is 8.42 Å². The van der Waals surface area contributed by atoms with Crippen LogP contribution in [0, 0.1) is 0 Å². The zero-order chi connectivity index (χ0) is 19.2. The molecule has 1 atom stereocenters. The average molecular weight is 398 g/mol. The predicted octanol–water partition coefficient (Wildman–Crippen LogP) is 1.28. The number of likely N-dealkylation sites (N-methyl/N-ethyl adjacent to an activating group) is 1. The third kappa shape index (κ3) is 6.67. The topological polar surface area (TPSA) is 76.9 Å². The number of amides is 1. The molecule has 0 saturated carbocycles. The Hall–Kier alpha value is -2.09. The summed E-state index contributed by atoms with van der Waals surface area (Å²) in [5.41, 5.74) is 0.461. The van der Waals surface area contributed by atoms with Gasteiger partial charge in [0.25, 0.3) is 5.91 Å². The number of hydrogen-bond acceptors (Lipinski definition) is 4. The van der Waals surface area contributed by atoms with E-state index >= 15 is 0 Å². The fourth-order valence-electron chi connectivity index (χ4n) is 2.25. The molecule has 0 aromatic heterocycles. The molecule has 0 saturated heterocycles. The summed E-state index contributed by atoms with van der Waals surface area (Å²) in [5.74, 6) is 0.531. The minimum Gasteiger partial charge on any atom is -0.488 e. The van der Waals surface area contributed by atoms with Gasteiger partial charge in [0.2, 0.25) is 0 Å². The highest BCUT2D eigenvalue weighted by atomic mass is 35.5. The van der Waals surface area contributed by atoms with Crippen LogP contribution in [0.2, 0.25) is 5.02 Å². The first-order valence-corrected chi connectivity index (χ1v) is 10.3. The third-order valence-corrected chi connectivity index (χ3v) is 4.98. The van der Waals surface area contributed by atoms with E-state index in [9.17, 15) is 13.2 Å². The molecule has 0 aliphatic carbocycles. The highest BCUT2D eigenvalue weighted by Crippen LogP contribution is 2.15. The molecule has 2 N–H and O–H groups in total. The lowest BCUT2D eigenvalue weighted by Gasteiger charge is -2.14. The first-order valence-electron chi connectivity index (χ1n) is 8.04. The normalized spacial score (nSPS) is 12.4. The fourth-order valence-corrected chi connectivity index (χ4v) is 3.04. The standard InChI is InChI=1S/C18H21ClN2O4S/c1-21(10-11-25-16-8-6-14(19)7-9-16)13-18(22)20-15-4-3-5-17(12-15)26(2,23)24/h3-9,12H,10-11,13H2,1-2H3,(H,20,22)/p+1. The first kappa shape index (κ1) is 20.2. The summed E-state index contributed by atoms with van der Waals surface area (Å²) in [7, 11) is -1.42. The second-order valence-corrected chi connectivity index (χ2v) is 8.49. The number of anilines is 1. The Morgan fingerprint density at radius 3 is 2.54 bits per heavy atom. The van der Waals surface area contributed by atoms with Gasteiger partial charge in [0.05, 0.1) is 11.9 Å². The molecule has 8 heteroatoms. The lowest BCUT2D eigenvalue weighted by atomic mass is 10.3. The zero-order valence-electron chi connectivity index (χ0n) is 14.7. The van der Waals surface area contributed by atoms with E-state index in [4.69, 9.17) is 16.3 Å². The van der Waals surface area contributed by atoms with Crippen LogP contribution >= 0.6 is 11.6 Å². The summed E-state index contributed by atoms with van der Waals surface area (Å²) in [6.07, 6.45) is 1.13. The van der Waals surface area contributed by atoms with Gasteiger partial charge in [0.1, 0.15) is 18.9 Å². The fraction of sp³-hybridized carbons (Fsp3) is 0.278. The molecule has 2 rings (SSSR count). The molecule has 26 heavy (non-hydrogen) atoms. The number of benzene rings is 2. The Labute approximate surface area is 158 Å². The smallest absolute Gasteiger partial charge is 0.279 e. The average Bonchev–Trinajstić information content (AvgIpc) is 2.56. The number of carbonyl (C=O) groups excluding carboxylic acids is 1. The van der Waals surface area contributed by atoms with Crippen LogP contribution in [0.3, 0.4) is 0 Å². The van der Waals surface area contributed by atoms with Crippen molar-refractivity contribution in [2.24, 2.45) is 0 Å². The maximum absolute atomic E-state index is 12.1. The van der Waals surface area contributed by atoms with Gasteiger partial charge >= 0.3 is 0 Å². The van der Waals surface area contributed by atoms with Crippen molar-refractivity contribution < 1.29 is 22.8 Å². The monoisotopic (exact) mass is 397 g/mol. The molecule has 0 aliphatic heterocycles. The molecule has 1 amide bonds. The molecular formula is C18H22ClN2O4S+. The van der Waals surface area contributed by atoms with Gasteiger partial charge in [0, 0.05) is 17.0 Å². The maximum atomic E-state index is 12.1. The van der Waals surface area contributed by atoms with Crippen LogP contribution in [-0.2, 0) is 14.6 Å². The van der Waals surface area contributed by atoms with Crippen molar-refractivity contribution in [1.82, 2.24) is 0 Å². The molecule has 0 spiro atoms. The predicted molar refractivity (Wildman–Crippen MR) is 102 cm³/mol. The van der Waals surface area contributed by atoms with Crippen molar-refractivity contribution in [2.45, 2.75) is 4.90 Å². The largest absolute Gasteiger partial charge is 0.488 e. The number of nitrogens with one attached hydrogen (secondary N) is 2. The van der Waals surface area contributed by atoms with Gasteiger partial charge < -0.3 is 15.0 Å². The van der Waals surface area contributed by atoms with Crippen LogP contribution in [0.5, 0.6) is 5.75 Å². The number of sulfone groups is 1. The van der Waals surface area contributed by atoms with Crippen LogP contribution in [-0.4, -0.2) is 47.3 Å². The molecule has 0 heterocycles. The lowest BCUT2D eigenvalue weighted by Crippen LogP contribution is -3.10. The van der Waals surface area contributed by atoms with Gasteiger partial charge in [-0.2, -0.15) is 0 Å². The molecule has 0 bridgehead atoms. The van der Waals surface area contributed by atoms with Gasteiger partial charge in [-0.05, 0) is 42.5 Å². The summed E-state index contributed by atoms with van der Waals surface area (Å²) < 4.78 is 28.7. The van der Waals surface area contributed by atoms with Gasteiger partial charge in [-0.3, -0.25) is 4.79 Å². The number of rotatable bonds is 8. The maximum Gasteiger partial charge on any atom is 0.279 e. The van der Waals surface area contributed by atoms with Crippen molar-refractivity contribution in [3.05, 3.63) is 53.6 Å². The van der Waals surface area contributed by atoms with Crippen molar-refractivity contribution in [1.29, 1.82) is 0 Å². The molecule has 2 aromatic rings. The number of hydrogen-bond donors (Lipinski definition) is 2. The Bertz CT molecular complexity index is 854. The number of halogens is 1. The minimum absolute atomic E-state index is 0.173. The summed E-state index contributed by atoms with van der Waals surface area (Å²) in [6, 6.07) is 13.3. The van der Waals surface area contributed by atoms with Gasteiger partial charge in [0.15, 0.2) is 16.4 Å². The second-order valence-electron chi connectivity index (χ2n) is 6.03. The van der Waals surface area contributed by atoms with E-state index in [2.05, 4.69) is 5.32 Å². The summed E-state index contributed by atoms with van der Waals surface area (Å²) in [4.78, 5) is 13.3. The molecule has 6 nitrogen and oxygen atoms in total. The van der Waals surface area contributed by atoms with E-state index in [-0.39, 0.29) is 17.3 Å². The van der Waals surface area contributed by atoms with Gasteiger partial charge in [-0.1, -0.05) is 17.7 Å². The van der Waals surface area contributed by atoms with Crippen molar-refractivity contribution >= 4 is 33.0 Å². The van der Waals surface area contributed by atoms with Crippen LogP contribution in [0.15, 0.2) is 53.4 Å². The van der Waals surface area contributed by atoms with Crippen molar-refractivity contribution in [3.8, 4) is 5.75 Å². The van der Waals surface area contributed by atoms with Crippen molar-refractivity contribution in [3.63, 3.8) is 0 Å². The molecule has 0 radical (unpaired) electrons. The molecular weight excluding hydrogens is 376 g/mol. The first-order chi connectivity index (χ1) is 12.2. The zero-order valence-corrected chi connectivity index (χ0v) is 16.2. The molecule has 0 fully saturated rings. The number of carbonyl (C=O) groups is 1. The quantitative estimate of drug-likeness (QED) is 0.703. The summed E-state index contributed by atoms with van der Waals surface area (Å²) in [5, 5.41) is 3.37. The van der Waals surface area contributed by atoms with Crippen LogP contribution in [0.4, 0.5) is 5.69 Å². The van der Waals surface area contributed by atoms with Crippen LogP contribution < -0.4 is 15.0 Å². The highest BCUT2D eigenvalue weighted by Gasteiger charge is 2.12. The van der Waals surface area contributed by atoms with E-state index < -0.39 is 9.84 Å². The van der Waals surface area contributed by atoms with E-state index in [1.165, 1.54) is 12.1 Å². The Balaban J connectivity index is 1.79. The SMILES string of the molecule is C[NH+](CCOc1ccc(Cl)cc1)CC(=O)Nc1cccc(S(C)(=O)=O)c1. The Morgan fingerprint density at radius 2 is 1.88 bits per heavy atom. The van der Waals surface area contributed by atoms with Gasteiger partial charge in [-0.15, -0.1) is 0 Å². The molecule has 2 aromatic carbocycles. The second kappa shape index (κ2) is 9.02. The summed E-state index contributed by atoms with van der Waals surface area (Å²) >= 11 is 5.82. The molecule has 0 aliphatic rings. The van der Waals surface area contributed by atoms with E-state index in [0.717, 1.165) is 16.9 Å². The number of ether oxygens (including phenoxy) is 1. The van der Waals surface area contributed by atoms with Crippen molar-refractivity contribution in [2.75, 3.05) is 38.3 Å².